The van der Waals surface area contributed by atoms with Gasteiger partial charge in [0, 0.05) is 95.7 Å². The van der Waals surface area contributed by atoms with Gasteiger partial charge >= 0.3 is 0 Å². The Hall–Kier alpha value is -13.6. The van der Waals surface area contributed by atoms with E-state index in [0.717, 1.165) is 122 Å². The van der Waals surface area contributed by atoms with Gasteiger partial charge in [-0.2, -0.15) is 0 Å². The molecular weight excluding hydrogens is 1400 g/mol. The normalized spacial score (nSPS) is 15.3. The van der Waals surface area contributed by atoms with Gasteiger partial charge in [-0.15, -0.1) is 0 Å². The highest BCUT2D eigenvalue weighted by Gasteiger charge is 2.50. The van der Waals surface area contributed by atoms with E-state index in [2.05, 4.69) is 235 Å². The van der Waals surface area contributed by atoms with E-state index in [0.29, 0.717) is 39.9 Å². The summed E-state index contributed by atoms with van der Waals surface area (Å²) < 4.78 is 166. The molecule has 0 spiro atoms. The third-order valence-electron chi connectivity index (χ3n) is 24.1. The van der Waals surface area contributed by atoms with Crippen molar-refractivity contribution in [1.82, 2.24) is 9.13 Å². The molecule has 116 heavy (non-hydrogen) atoms. The maximum absolute atomic E-state index is 10.2. The minimum atomic E-state index is -0.720. The number of nitrogens with zero attached hydrogens (tertiary/aromatic N) is 5. The molecule has 4 aliphatic heterocycles. The minimum absolute atomic E-state index is 0.0567. The number of para-hydroxylation sites is 6. The number of fused-ring (bicyclic) bond motifs is 14. The summed E-state index contributed by atoms with van der Waals surface area (Å²) in [7, 11) is 0. The molecular formula is C108H85B2N5O. The van der Waals surface area contributed by atoms with Gasteiger partial charge < -0.3 is 28.6 Å². The van der Waals surface area contributed by atoms with Gasteiger partial charge in [-0.05, 0) is 155 Å². The monoisotopic (exact) mass is 1510 g/mol. The SMILES string of the molecule is [2H]c1c([2H])c([2H])c2c(c1[2H])c1c([2H])c([2H])c([2H])c([2H])c1n2-c1cc2c3c(c1)N(c1c(-c4ccccc4)cccc1-c1ccccc1)c1cc(C(C)(C)C)ccc1B3c1cc3c(cc1O2)N(c1c(-c2ccccc2)cccc1-c1ccccc1)c1cc(-n2c4c([2H])c([2H])c([2H])c([2H])c4c4c([2H])c([2H])c([2H])c([2H])c42)cc2c1B3c1ccc(C(C)(C)C)cc1N2c1ccc(C(C)(C)C)cc1. The number of aromatic nitrogens is 2. The van der Waals surface area contributed by atoms with Gasteiger partial charge in [0.05, 0.1) is 66.7 Å². The zero-order valence-electron chi connectivity index (χ0n) is 81.5. The summed E-state index contributed by atoms with van der Waals surface area (Å²) in [6, 6.07) is 79.7. The molecule has 0 unspecified atom stereocenters. The molecule has 0 amide bonds. The molecule has 6 heterocycles. The van der Waals surface area contributed by atoms with Gasteiger partial charge in [-0.25, -0.2) is 0 Å². The zero-order chi connectivity index (χ0) is 92.1. The van der Waals surface area contributed by atoms with Crippen LogP contribution in [0.1, 0.15) is 101 Å². The van der Waals surface area contributed by atoms with Crippen LogP contribution in [0.2, 0.25) is 0 Å². The van der Waals surface area contributed by atoms with Crippen LogP contribution in [-0.2, 0) is 16.2 Å². The Balaban J connectivity index is 0.934. The lowest BCUT2D eigenvalue weighted by molar-refractivity contribution is 0.487. The first-order chi connectivity index (χ1) is 63.1. The van der Waals surface area contributed by atoms with Crippen molar-refractivity contribution >= 4 is 141 Å². The summed E-state index contributed by atoms with van der Waals surface area (Å²) in [5.74, 6) is 0.727. The number of anilines is 9. The molecule has 18 aromatic rings. The topological polar surface area (TPSA) is 28.8 Å². The van der Waals surface area contributed by atoms with Gasteiger partial charge in [0.15, 0.2) is 0 Å². The number of ether oxygens (including phenoxy) is 1. The third-order valence-corrected chi connectivity index (χ3v) is 24.1. The van der Waals surface area contributed by atoms with Crippen molar-refractivity contribution in [3.8, 4) is 67.4 Å². The Bertz CT molecular complexity index is 7820. The van der Waals surface area contributed by atoms with Crippen molar-refractivity contribution in [3.63, 3.8) is 0 Å². The average molecular weight is 1510 g/mol. The van der Waals surface area contributed by atoms with E-state index in [-0.39, 0.29) is 54.7 Å². The fourth-order valence-electron chi connectivity index (χ4n) is 18.6. The zero-order valence-corrected chi connectivity index (χ0v) is 65.5. The van der Waals surface area contributed by atoms with E-state index in [4.69, 9.17) is 4.74 Å². The van der Waals surface area contributed by atoms with Crippen molar-refractivity contribution in [3.05, 3.63) is 368 Å². The molecule has 0 bridgehead atoms. The molecule has 0 aliphatic carbocycles. The summed E-state index contributed by atoms with van der Waals surface area (Å²) in [6.45, 7) is 18.3. The molecule has 2 aromatic heterocycles. The van der Waals surface area contributed by atoms with Crippen LogP contribution in [0, 0.1) is 0 Å². The second-order valence-electron chi connectivity index (χ2n) is 34.0. The molecule has 22 rings (SSSR count). The molecule has 16 aromatic carbocycles. The molecule has 4 aliphatic rings. The summed E-state index contributed by atoms with van der Waals surface area (Å²) in [6.07, 6.45) is 0. The van der Waals surface area contributed by atoms with Gasteiger partial charge in [-0.3, -0.25) is 0 Å². The first kappa shape index (κ1) is 54.2. The Morgan fingerprint density at radius 2 is 0.612 bits per heavy atom. The van der Waals surface area contributed by atoms with E-state index in [1.807, 2.05) is 97.1 Å². The van der Waals surface area contributed by atoms with Crippen molar-refractivity contribution in [2.75, 3.05) is 14.7 Å². The van der Waals surface area contributed by atoms with Crippen LogP contribution in [0.5, 0.6) is 11.5 Å². The average Bonchev–Trinajstić information content (AvgIpc) is 0.949. The molecule has 0 atom stereocenters. The van der Waals surface area contributed by atoms with Gasteiger partial charge in [-0.1, -0.05) is 335 Å². The summed E-state index contributed by atoms with van der Waals surface area (Å²) in [5, 5.41) is -0.335. The van der Waals surface area contributed by atoms with Crippen LogP contribution in [0.15, 0.2) is 351 Å². The number of hydrogen-bond donors (Lipinski definition) is 0. The maximum Gasteiger partial charge on any atom is 0.256 e. The first-order valence-corrected chi connectivity index (χ1v) is 39.6. The van der Waals surface area contributed by atoms with E-state index < -0.39 is 121 Å². The second-order valence-corrected chi connectivity index (χ2v) is 34.0. The molecule has 0 radical (unpaired) electrons. The Kier molecular flexibility index (Phi) is 12.1. The highest BCUT2D eigenvalue weighted by Crippen LogP contribution is 2.55. The number of rotatable bonds is 9. The van der Waals surface area contributed by atoms with Gasteiger partial charge in [0.25, 0.3) is 13.4 Å². The van der Waals surface area contributed by atoms with Crippen LogP contribution < -0.4 is 52.2 Å². The number of benzene rings is 16. The van der Waals surface area contributed by atoms with Crippen molar-refractivity contribution < 1.29 is 26.7 Å². The van der Waals surface area contributed by atoms with Crippen LogP contribution in [0.4, 0.5) is 51.2 Å². The molecule has 0 saturated heterocycles. The largest absolute Gasteiger partial charge is 0.458 e. The summed E-state index contributed by atoms with van der Waals surface area (Å²) >= 11 is 0. The lowest BCUT2D eigenvalue weighted by Crippen LogP contribution is -2.64. The van der Waals surface area contributed by atoms with Crippen molar-refractivity contribution in [2.24, 2.45) is 0 Å². The van der Waals surface area contributed by atoms with Gasteiger partial charge in [0.2, 0.25) is 0 Å². The number of hydrogen-bond acceptors (Lipinski definition) is 4. The fraction of sp³-hybridized carbons (Fsp3) is 0.111. The lowest BCUT2D eigenvalue weighted by Gasteiger charge is -2.46. The molecule has 6 nitrogen and oxygen atoms in total. The van der Waals surface area contributed by atoms with Crippen molar-refractivity contribution in [2.45, 2.75) is 78.6 Å². The minimum Gasteiger partial charge on any atom is -0.458 e. The molecule has 554 valence electrons. The predicted octanol–water partition coefficient (Wildman–Crippen LogP) is 24.9. The predicted molar refractivity (Wildman–Crippen MR) is 493 cm³/mol. The molecule has 0 saturated carbocycles. The molecule has 8 heteroatoms. The quantitative estimate of drug-likeness (QED) is 0.135. The van der Waals surface area contributed by atoms with E-state index in [1.54, 1.807) is 9.13 Å². The standard InChI is InChI=1S/C108H85B2N5O/c1-106(2,3)72-52-56-75(57-53-72)111-94-60-73(107(4,5)6)54-58-86(94)109-88-66-89-100(67-96(88)115(105-80(70-36-18-12-19-37-70)46-31-47-81(105)71-38-20-13-21-39-71)98-63-76(62-97(111)102(98)109)112-90-48-26-22-40-82(90)83-41-23-27-49-91(83)112)116-101-65-77(113-92-50-28-24-42-84(92)85-43-25-29-51-93(85)113)64-99-103(101)110(89)87-59-55-74(108(7,8)9)61-95(87)114(99)104-78(68-32-14-10-15-33-68)44-30-45-79(104)69-34-16-11-17-35-69/h10-67H,1-9H3/i22D,23D,24D,25D,26D,27D,28D,29D,40D,41D,42D,43D,48D,49D,50D,51D. The Morgan fingerprint density at radius 3 is 1.02 bits per heavy atom. The fourth-order valence-corrected chi connectivity index (χ4v) is 18.6. The Morgan fingerprint density at radius 1 is 0.267 bits per heavy atom. The highest BCUT2D eigenvalue weighted by atomic mass is 16.5. The van der Waals surface area contributed by atoms with E-state index >= 15 is 0 Å². The molecule has 0 N–H and O–H groups in total. The highest BCUT2D eigenvalue weighted by molar-refractivity contribution is 7.02. The Labute approximate surface area is 702 Å². The lowest BCUT2D eigenvalue weighted by atomic mass is 9.30. The first-order valence-electron chi connectivity index (χ1n) is 47.6. The van der Waals surface area contributed by atoms with E-state index in [9.17, 15) is 21.9 Å². The van der Waals surface area contributed by atoms with Crippen LogP contribution in [0.25, 0.3) is 99.5 Å². The second kappa shape index (κ2) is 26.0. The summed E-state index contributed by atoms with van der Waals surface area (Å²) in [5.41, 5.74) is 20.6. The van der Waals surface area contributed by atoms with Crippen LogP contribution in [0.3, 0.4) is 0 Å². The molecule has 0 fully saturated rings. The van der Waals surface area contributed by atoms with Gasteiger partial charge in [0.1, 0.15) is 11.5 Å². The van der Waals surface area contributed by atoms with E-state index in [1.165, 1.54) is 0 Å². The van der Waals surface area contributed by atoms with Crippen molar-refractivity contribution in [1.29, 1.82) is 0 Å². The smallest absolute Gasteiger partial charge is 0.256 e. The van der Waals surface area contributed by atoms with Crippen LogP contribution in [-0.4, -0.2) is 22.6 Å². The third kappa shape index (κ3) is 10.7. The summed E-state index contributed by atoms with van der Waals surface area (Å²) in [4.78, 5) is 6.90. The maximum atomic E-state index is 10.2. The van der Waals surface area contributed by atoms with Crippen LogP contribution >= 0.6 is 0 Å².